The van der Waals surface area contributed by atoms with E-state index in [1.807, 2.05) is 0 Å². The van der Waals surface area contributed by atoms with Crippen LogP contribution in [0.3, 0.4) is 0 Å². The molecule has 2 unspecified atom stereocenters. The summed E-state index contributed by atoms with van der Waals surface area (Å²) in [6.45, 7) is 0. The fraction of sp³-hybridized carbons (Fsp3) is 0.571. The van der Waals surface area contributed by atoms with E-state index in [0.29, 0.717) is 12.1 Å². The van der Waals surface area contributed by atoms with Gasteiger partial charge in [0.2, 0.25) is 5.95 Å². The van der Waals surface area contributed by atoms with Gasteiger partial charge in [0.25, 0.3) is 0 Å². The van der Waals surface area contributed by atoms with Crippen molar-refractivity contribution in [2.45, 2.75) is 37.8 Å². The third-order valence-corrected chi connectivity index (χ3v) is 4.49. The highest BCUT2D eigenvalue weighted by Crippen LogP contribution is 2.38. The van der Waals surface area contributed by atoms with Crippen molar-refractivity contribution in [3.63, 3.8) is 0 Å². The predicted octanol–water partition coefficient (Wildman–Crippen LogP) is 2.28. The number of aromatic nitrogens is 1. The molecular weight excluding hydrogens is 231 g/mol. The number of pyridine rings is 1. The lowest BCUT2D eigenvalue weighted by molar-refractivity contribution is 0.0762. The Kier molecular flexibility index (Phi) is 2.90. The largest absolute Gasteiger partial charge is 0.300 e. The van der Waals surface area contributed by atoms with Crippen LogP contribution in [0.5, 0.6) is 0 Å². The van der Waals surface area contributed by atoms with E-state index in [-0.39, 0.29) is 17.3 Å². The lowest BCUT2D eigenvalue weighted by Gasteiger charge is -2.35. The van der Waals surface area contributed by atoms with Crippen molar-refractivity contribution in [1.29, 1.82) is 0 Å². The molecule has 0 radical (unpaired) electrons. The molecule has 2 saturated heterocycles. The van der Waals surface area contributed by atoms with Gasteiger partial charge in [-0.1, -0.05) is 0 Å². The smallest absolute Gasteiger partial charge is 0.223 e. The number of Topliss-reactive ketones (excluding diaryl/α,β-unsaturated/α-hetero) is 1. The van der Waals surface area contributed by atoms with E-state index in [9.17, 15) is 9.18 Å². The molecule has 18 heavy (non-hydrogen) atoms. The molecule has 2 aliphatic rings. The van der Waals surface area contributed by atoms with Crippen molar-refractivity contribution in [2.75, 3.05) is 7.05 Å². The topological polar surface area (TPSA) is 33.2 Å². The molecule has 3 heterocycles. The number of nitrogens with zero attached hydrogens (tertiary/aromatic N) is 2. The van der Waals surface area contributed by atoms with E-state index < -0.39 is 5.95 Å². The lowest BCUT2D eigenvalue weighted by atomic mass is 9.85. The summed E-state index contributed by atoms with van der Waals surface area (Å²) in [5, 5.41) is 0. The van der Waals surface area contributed by atoms with E-state index in [2.05, 4.69) is 16.9 Å². The highest BCUT2D eigenvalue weighted by atomic mass is 19.1. The van der Waals surface area contributed by atoms with Crippen molar-refractivity contribution >= 4 is 5.78 Å². The van der Waals surface area contributed by atoms with E-state index in [4.69, 9.17) is 0 Å². The molecule has 0 aromatic carbocycles. The van der Waals surface area contributed by atoms with Gasteiger partial charge in [-0.15, -0.1) is 0 Å². The minimum atomic E-state index is -0.631. The monoisotopic (exact) mass is 248 g/mol. The Balaban J connectivity index is 1.81. The molecule has 0 saturated carbocycles. The van der Waals surface area contributed by atoms with Crippen LogP contribution in [0.4, 0.5) is 4.39 Å². The van der Waals surface area contributed by atoms with Gasteiger partial charge in [0, 0.05) is 24.2 Å². The summed E-state index contributed by atoms with van der Waals surface area (Å²) < 4.78 is 13.5. The summed E-state index contributed by atoms with van der Waals surface area (Å²) in [6, 6.07) is 4.17. The van der Waals surface area contributed by atoms with Crippen LogP contribution < -0.4 is 0 Å². The number of halogens is 1. The van der Waals surface area contributed by atoms with Crippen molar-refractivity contribution in [1.82, 2.24) is 9.88 Å². The second kappa shape index (κ2) is 4.43. The highest BCUT2D eigenvalue weighted by molar-refractivity contribution is 5.97. The maximum atomic E-state index is 13.5. The summed E-state index contributed by atoms with van der Waals surface area (Å²) in [5.74, 6) is -0.725. The summed E-state index contributed by atoms with van der Waals surface area (Å²) >= 11 is 0. The predicted molar refractivity (Wildman–Crippen MR) is 65.8 cm³/mol. The van der Waals surface area contributed by atoms with Gasteiger partial charge in [-0.2, -0.15) is 4.39 Å². The second-order valence-electron chi connectivity index (χ2n) is 5.42. The quantitative estimate of drug-likeness (QED) is 0.594. The minimum absolute atomic E-state index is 0.0302. The normalized spacial score (nSPS) is 31.6. The van der Waals surface area contributed by atoms with Crippen molar-refractivity contribution < 1.29 is 9.18 Å². The number of hydrogen-bond acceptors (Lipinski definition) is 3. The van der Waals surface area contributed by atoms with Crippen LogP contribution in [0.2, 0.25) is 0 Å². The second-order valence-corrected chi connectivity index (χ2v) is 5.42. The van der Waals surface area contributed by atoms with E-state index in [0.717, 1.165) is 12.8 Å². The molecule has 96 valence electrons. The Morgan fingerprint density at radius 1 is 1.39 bits per heavy atom. The van der Waals surface area contributed by atoms with Crippen LogP contribution in [0.1, 0.15) is 36.0 Å². The minimum Gasteiger partial charge on any atom is -0.300 e. The third kappa shape index (κ3) is 1.85. The Labute approximate surface area is 106 Å². The molecule has 3 nitrogen and oxygen atoms in total. The summed E-state index contributed by atoms with van der Waals surface area (Å²) in [7, 11) is 2.13. The van der Waals surface area contributed by atoms with Crippen LogP contribution in [-0.2, 0) is 0 Å². The maximum Gasteiger partial charge on any atom is 0.223 e. The number of piperidine rings is 1. The van der Waals surface area contributed by atoms with Gasteiger partial charge < -0.3 is 4.90 Å². The first kappa shape index (κ1) is 11.8. The van der Waals surface area contributed by atoms with E-state index >= 15 is 0 Å². The van der Waals surface area contributed by atoms with Crippen LogP contribution in [0, 0.1) is 11.9 Å². The number of carbonyl (C=O) groups is 1. The molecule has 2 aliphatic heterocycles. The van der Waals surface area contributed by atoms with Gasteiger partial charge in [-0.05, 0) is 44.9 Å². The molecule has 1 aromatic heterocycles. The Bertz CT molecular complexity index is 463. The highest BCUT2D eigenvalue weighted by Gasteiger charge is 2.41. The SMILES string of the molecule is CN1C2CCC1CC(C(=O)c1cccnc1F)C2. The molecular formula is C14H17FN2O. The molecule has 0 aliphatic carbocycles. The van der Waals surface area contributed by atoms with Crippen LogP contribution in [0.25, 0.3) is 0 Å². The van der Waals surface area contributed by atoms with Crippen LogP contribution >= 0.6 is 0 Å². The van der Waals surface area contributed by atoms with Gasteiger partial charge in [-0.25, -0.2) is 4.98 Å². The molecule has 2 bridgehead atoms. The maximum absolute atomic E-state index is 13.5. The molecule has 4 heteroatoms. The van der Waals surface area contributed by atoms with E-state index in [1.54, 1.807) is 12.1 Å². The zero-order chi connectivity index (χ0) is 12.7. The third-order valence-electron chi connectivity index (χ3n) is 4.49. The van der Waals surface area contributed by atoms with Gasteiger partial charge in [-0.3, -0.25) is 4.79 Å². The summed E-state index contributed by atoms with van der Waals surface area (Å²) in [5.41, 5.74) is 0.159. The zero-order valence-corrected chi connectivity index (χ0v) is 10.5. The van der Waals surface area contributed by atoms with Crippen molar-refractivity contribution in [3.8, 4) is 0 Å². The van der Waals surface area contributed by atoms with Crippen LogP contribution in [-0.4, -0.2) is 34.8 Å². The molecule has 3 rings (SSSR count). The molecule has 1 aromatic rings. The number of ketones is 1. The lowest BCUT2D eigenvalue weighted by Crippen LogP contribution is -2.42. The number of hydrogen-bond donors (Lipinski definition) is 0. The number of carbonyl (C=O) groups excluding carboxylic acids is 1. The fourth-order valence-electron chi connectivity index (χ4n) is 3.42. The Hall–Kier alpha value is -1.29. The molecule has 0 spiro atoms. The average molecular weight is 248 g/mol. The van der Waals surface area contributed by atoms with Gasteiger partial charge in [0.15, 0.2) is 5.78 Å². The molecule has 0 amide bonds. The molecule has 2 atom stereocenters. The van der Waals surface area contributed by atoms with Crippen molar-refractivity contribution in [3.05, 3.63) is 29.8 Å². The first-order valence-electron chi connectivity index (χ1n) is 6.53. The zero-order valence-electron chi connectivity index (χ0n) is 10.5. The Morgan fingerprint density at radius 2 is 2.06 bits per heavy atom. The van der Waals surface area contributed by atoms with Gasteiger partial charge in [0.1, 0.15) is 0 Å². The van der Waals surface area contributed by atoms with Gasteiger partial charge in [0.05, 0.1) is 5.56 Å². The molecule has 0 N–H and O–H groups in total. The number of rotatable bonds is 2. The Morgan fingerprint density at radius 3 is 2.67 bits per heavy atom. The summed E-state index contributed by atoms with van der Waals surface area (Å²) in [6.07, 6.45) is 5.44. The first-order chi connectivity index (χ1) is 8.66. The summed E-state index contributed by atoms with van der Waals surface area (Å²) in [4.78, 5) is 18.3. The average Bonchev–Trinajstić information content (AvgIpc) is 2.61. The standard InChI is InChI=1S/C14H17FN2O/c1-17-10-4-5-11(17)8-9(7-10)13(18)12-3-2-6-16-14(12)15/h2-3,6,9-11H,4-5,7-8H2,1H3. The van der Waals surface area contributed by atoms with Crippen LogP contribution in [0.15, 0.2) is 18.3 Å². The first-order valence-corrected chi connectivity index (χ1v) is 6.53. The van der Waals surface area contributed by atoms with E-state index in [1.165, 1.54) is 19.0 Å². The van der Waals surface area contributed by atoms with Crippen molar-refractivity contribution in [2.24, 2.45) is 5.92 Å². The number of fused-ring (bicyclic) bond motifs is 2. The fourth-order valence-corrected chi connectivity index (χ4v) is 3.42. The molecule has 2 fully saturated rings. The van der Waals surface area contributed by atoms with Gasteiger partial charge >= 0.3 is 0 Å².